The quantitative estimate of drug-likeness (QED) is 0.855. The van der Waals surface area contributed by atoms with Crippen molar-refractivity contribution in [1.29, 1.82) is 0 Å². The Morgan fingerprint density at radius 3 is 2.44 bits per heavy atom. The Kier molecular flexibility index (Phi) is 2.76. The van der Waals surface area contributed by atoms with Crippen molar-refractivity contribution in [2.75, 3.05) is 14.2 Å². The molecule has 0 saturated heterocycles. The van der Waals surface area contributed by atoms with Gasteiger partial charge in [0.05, 0.1) is 19.8 Å². The van der Waals surface area contributed by atoms with Crippen LogP contribution < -0.4 is 9.47 Å². The molecule has 1 aliphatic carbocycles. The molecule has 0 bridgehead atoms. The van der Waals surface area contributed by atoms with Gasteiger partial charge in [-0.3, -0.25) is 0 Å². The van der Waals surface area contributed by atoms with Crippen molar-refractivity contribution in [1.82, 2.24) is 0 Å². The second-order valence-electron chi connectivity index (χ2n) is 4.04. The van der Waals surface area contributed by atoms with Gasteiger partial charge in [-0.25, -0.2) is 4.39 Å². The van der Waals surface area contributed by atoms with Gasteiger partial charge in [-0.1, -0.05) is 0 Å². The molecule has 88 valence electrons. The third-order valence-electron chi connectivity index (χ3n) is 2.92. The lowest BCUT2D eigenvalue weighted by Gasteiger charge is -2.17. The Balaban J connectivity index is 2.55. The average Bonchev–Trinajstić information content (AvgIpc) is 3.06. The van der Waals surface area contributed by atoms with Crippen LogP contribution in [-0.2, 0) is 12.3 Å². The number of benzene rings is 1. The highest BCUT2D eigenvalue weighted by Gasteiger charge is 2.45. The summed E-state index contributed by atoms with van der Waals surface area (Å²) in [6.45, 7) is -0.580. The third-order valence-corrected chi connectivity index (χ3v) is 2.92. The van der Waals surface area contributed by atoms with Crippen LogP contribution in [0.15, 0.2) is 12.1 Å². The lowest BCUT2D eigenvalue weighted by atomic mass is 10.0. The summed E-state index contributed by atoms with van der Waals surface area (Å²) < 4.78 is 23.1. The highest BCUT2D eigenvalue weighted by Crippen LogP contribution is 2.51. The van der Waals surface area contributed by atoms with E-state index in [2.05, 4.69) is 0 Å². The van der Waals surface area contributed by atoms with E-state index in [0.29, 0.717) is 35.5 Å². The molecule has 0 unspecified atom stereocenters. The molecule has 0 amide bonds. The number of halogens is 1. The van der Waals surface area contributed by atoms with Crippen LogP contribution >= 0.6 is 0 Å². The molecule has 0 aromatic heterocycles. The van der Waals surface area contributed by atoms with Gasteiger partial charge < -0.3 is 14.6 Å². The van der Waals surface area contributed by atoms with Crippen LogP contribution in [-0.4, -0.2) is 19.3 Å². The minimum Gasteiger partial charge on any atom is -0.493 e. The van der Waals surface area contributed by atoms with Crippen molar-refractivity contribution < 1.29 is 19.0 Å². The van der Waals surface area contributed by atoms with Gasteiger partial charge in [0.1, 0.15) is 6.67 Å². The van der Waals surface area contributed by atoms with Crippen LogP contribution in [0.2, 0.25) is 0 Å². The fraction of sp³-hybridized carbons (Fsp3) is 0.500. The smallest absolute Gasteiger partial charge is 0.166 e. The summed E-state index contributed by atoms with van der Waals surface area (Å²) in [7, 11) is 3.02. The number of hydrogen-bond donors (Lipinski definition) is 1. The van der Waals surface area contributed by atoms with Crippen molar-refractivity contribution >= 4 is 0 Å². The minimum atomic E-state index is -0.857. The summed E-state index contributed by atoms with van der Waals surface area (Å²) >= 11 is 0. The van der Waals surface area contributed by atoms with Gasteiger partial charge in [0.15, 0.2) is 11.5 Å². The van der Waals surface area contributed by atoms with Crippen LogP contribution in [0.5, 0.6) is 11.5 Å². The second-order valence-corrected chi connectivity index (χ2v) is 4.04. The Hall–Kier alpha value is -1.29. The highest BCUT2D eigenvalue weighted by atomic mass is 19.1. The Labute approximate surface area is 93.8 Å². The molecule has 1 N–H and O–H groups in total. The molecule has 1 aromatic rings. The van der Waals surface area contributed by atoms with Crippen molar-refractivity contribution in [3.63, 3.8) is 0 Å². The van der Waals surface area contributed by atoms with Crippen LogP contribution in [0.4, 0.5) is 4.39 Å². The number of alkyl halides is 1. The van der Waals surface area contributed by atoms with Gasteiger partial charge in [-0.2, -0.15) is 0 Å². The van der Waals surface area contributed by atoms with E-state index in [1.54, 1.807) is 12.1 Å². The fourth-order valence-corrected chi connectivity index (χ4v) is 1.83. The van der Waals surface area contributed by atoms with E-state index in [1.165, 1.54) is 14.2 Å². The van der Waals surface area contributed by atoms with E-state index in [9.17, 15) is 9.50 Å². The summed E-state index contributed by atoms with van der Waals surface area (Å²) in [4.78, 5) is 0. The number of hydrogen-bond acceptors (Lipinski definition) is 3. The van der Waals surface area contributed by atoms with Crippen molar-refractivity contribution in [3.05, 3.63) is 23.3 Å². The molecular weight excluding hydrogens is 211 g/mol. The molecule has 0 heterocycles. The molecule has 0 atom stereocenters. The predicted octanol–water partition coefficient (Wildman–Crippen LogP) is 2.15. The molecule has 4 heteroatoms. The van der Waals surface area contributed by atoms with Gasteiger partial charge in [0, 0.05) is 5.56 Å². The maximum absolute atomic E-state index is 12.7. The van der Waals surface area contributed by atoms with E-state index in [4.69, 9.17) is 9.47 Å². The topological polar surface area (TPSA) is 38.7 Å². The second kappa shape index (κ2) is 3.94. The van der Waals surface area contributed by atoms with E-state index in [1.807, 2.05) is 0 Å². The van der Waals surface area contributed by atoms with E-state index >= 15 is 0 Å². The predicted molar refractivity (Wildman–Crippen MR) is 57.5 cm³/mol. The molecule has 0 radical (unpaired) electrons. The SMILES string of the molecule is COc1cc(CF)cc(C2(O)CC2)c1OC. The van der Waals surface area contributed by atoms with Crippen LogP contribution in [0.1, 0.15) is 24.0 Å². The first kappa shape index (κ1) is 11.2. The first-order valence-corrected chi connectivity index (χ1v) is 5.18. The van der Waals surface area contributed by atoms with Gasteiger partial charge in [-0.15, -0.1) is 0 Å². The normalized spacial score (nSPS) is 17.0. The molecule has 1 aromatic carbocycles. The van der Waals surface area contributed by atoms with Crippen molar-refractivity contribution in [2.24, 2.45) is 0 Å². The standard InChI is InChI=1S/C12H15FO3/c1-15-10-6-8(7-13)5-9(11(10)16-2)12(14)3-4-12/h5-6,14H,3-4,7H2,1-2H3. The Morgan fingerprint density at radius 1 is 1.31 bits per heavy atom. The lowest BCUT2D eigenvalue weighted by molar-refractivity contribution is 0.146. The molecule has 16 heavy (non-hydrogen) atoms. The van der Waals surface area contributed by atoms with Gasteiger partial charge in [0.25, 0.3) is 0 Å². The molecular formula is C12H15FO3. The molecule has 3 nitrogen and oxygen atoms in total. The number of aliphatic hydroxyl groups is 1. The van der Waals surface area contributed by atoms with E-state index in [0.717, 1.165) is 0 Å². The maximum atomic E-state index is 12.7. The van der Waals surface area contributed by atoms with Crippen LogP contribution in [0.25, 0.3) is 0 Å². The Morgan fingerprint density at radius 2 is 2.00 bits per heavy atom. The van der Waals surface area contributed by atoms with Gasteiger partial charge in [0.2, 0.25) is 0 Å². The largest absolute Gasteiger partial charge is 0.493 e. The van der Waals surface area contributed by atoms with E-state index in [-0.39, 0.29) is 0 Å². The molecule has 0 aliphatic heterocycles. The molecule has 2 rings (SSSR count). The molecule has 1 aliphatic rings. The summed E-state index contributed by atoms with van der Waals surface area (Å²) in [5, 5.41) is 10.1. The zero-order chi connectivity index (χ0) is 11.8. The zero-order valence-corrected chi connectivity index (χ0v) is 9.42. The first-order chi connectivity index (χ1) is 7.64. The summed E-state index contributed by atoms with van der Waals surface area (Å²) in [6, 6.07) is 3.24. The van der Waals surface area contributed by atoms with E-state index < -0.39 is 12.3 Å². The van der Waals surface area contributed by atoms with Gasteiger partial charge >= 0.3 is 0 Å². The minimum absolute atomic E-state index is 0.466. The molecule has 1 saturated carbocycles. The summed E-state index contributed by atoms with van der Waals surface area (Å²) in [5.74, 6) is 0.965. The average molecular weight is 226 g/mol. The van der Waals surface area contributed by atoms with Crippen LogP contribution in [0, 0.1) is 0 Å². The fourth-order valence-electron chi connectivity index (χ4n) is 1.83. The Bertz CT molecular complexity index is 399. The first-order valence-electron chi connectivity index (χ1n) is 5.18. The maximum Gasteiger partial charge on any atom is 0.166 e. The van der Waals surface area contributed by atoms with Crippen molar-refractivity contribution in [2.45, 2.75) is 25.1 Å². The van der Waals surface area contributed by atoms with Gasteiger partial charge in [-0.05, 0) is 30.5 Å². The van der Waals surface area contributed by atoms with Crippen LogP contribution in [0.3, 0.4) is 0 Å². The molecule has 1 fully saturated rings. The zero-order valence-electron chi connectivity index (χ0n) is 9.42. The lowest BCUT2D eigenvalue weighted by Crippen LogP contribution is -2.08. The van der Waals surface area contributed by atoms with Crippen molar-refractivity contribution in [3.8, 4) is 11.5 Å². The summed E-state index contributed by atoms with van der Waals surface area (Å²) in [6.07, 6.45) is 1.37. The number of ether oxygens (including phenoxy) is 2. The molecule has 0 spiro atoms. The number of methoxy groups -OCH3 is 2. The monoisotopic (exact) mass is 226 g/mol. The number of rotatable bonds is 4. The summed E-state index contributed by atoms with van der Waals surface area (Å²) in [5.41, 5.74) is 0.263. The third kappa shape index (κ3) is 1.73. The highest BCUT2D eigenvalue weighted by molar-refractivity contribution is 5.53.